The molecule has 1 N–H and O–H groups in total. The zero-order valence-electron chi connectivity index (χ0n) is 17.5. The lowest BCUT2D eigenvalue weighted by atomic mass is 10.2. The number of thioether (sulfide) groups is 1. The van der Waals surface area contributed by atoms with Crippen LogP contribution in [0.1, 0.15) is 30.8 Å². The Labute approximate surface area is 188 Å². The van der Waals surface area contributed by atoms with Gasteiger partial charge in [-0.2, -0.15) is 0 Å². The Morgan fingerprint density at radius 3 is 2.81 bits per heavy atom. The molecule has 2 aromatic carbocycles. The normalized spacial score (nSPS) is 17.1. The molecule has 0 unspecified atom stereocenters. The van der Waals surface area contributed by atoms with Gasteiger partial charge in [-0.3, -0.25) is 9.36 Å². The second-order valence-corrected chi connectivity index (χ2v) is 9.10. The number of benzene rings is 2. The predicted octanol–water partition coefficient (Wildman–Crippen LogP) is 4.35. The summed E-state index contributed by atoms with van der Waals surface area (Å²) in [5, 5.41) is 9.90. The summed E-state index contributed by atoms with van der Waals surface area (Å²) < 4.78 is 21.3. The molecule has 3 heterocycles. The molecule has 0 spiro atoms. The fraction of sp³-hybridized carbons (Fsp3) is 0.304. The molecule has 164 valence electrons. The summed E-state index contributed by atoms with van der Waals surface area (Å²) in [6.07, 6.45) is 2.08. The van der Waals surface area contributed by atoms with E-state index in [1.807, 2.05) is 29.7 Å². The zero-order valence-corrected chi connectivity index (χ0v) is 18.3. The Morgan fingerprint density at radius 1 is 1.22 bits per heavy atom. The quantitative estimate of drug-likeness (QED) is 0.439. The van der Waals surface area contributed by atoms with Crippen molar-refractivity contribution < 1.29 is 9.13 Å². The molecule has 0 amide bonds. The average Bonchev–Trinajstić information content (AvgIpc) is 3.45. The highest BCUT2D eigenvalue weighted by atomic mass is 32.2. The van der Waals surface area contributed by atoms with Crippen LogP contribution in [0.5, 0.6) is 0 Å². The molecule has 1 aliphatic rings. The largest absolute Gasteiger partial charge is 0.376 e. The molecule has 1 fully saturated rings. The Balaban J connectivity index is 1.48. The molecule has 1 aliphatic heterocycles. The standard InChI is InChI=1S/C23H22FN5O2S/c1-14(20-25-19-7-3-2-6-18(19)22(30)26-20)32-23-28-27-21(15-8-10-16(24)11-9-15)29(23)13-17-5-4-12-31-17/h2-3,6-11,14,17H,4-5,12-13H2,1H3,(H,25,26,30)/t14-,17-/m0/s1. The monoisotopic (exact) mass is 451 g/mol. The van der Waals surface area contributed by atoms with Crippen molar-refractivity contribution in [3.63, 3.8) is 0 Å². The SMILES string of the molecule is C[C@H](Sc1nnc(-c2ccc(F)cc2)n1C[C@@H]1CCCO1)c1nc2ccccc2c(=O)[nH]1. The second-order valence-electron chi connectivity index (χ2n) is 7.79. The van der Waals surface area contributed by atoms with Crippen molar-refractivity contribution in [2.24, 2.45) is 0 Å². The molecule has 32 heavy (non-hydrogen) atoms. The first kappa shape index (κ1) is 20.8. The van der Waals surface area contributed by atoms with Crippen LogP contribution >= 0.6 is 11.8 Å². The van der Waals surface area contributed by atoms with Crippen molar-refractivity contribution in [3.05, 3.63) is 70.5 Å². The minimum atomic E-state index is -0.298. The van der Waals surface area contributed by atoms with E-state index in [0.29, 0.717) is 34.3 Å². The third-order valence-corrected chi connectivity index (χ3v) is 6.62. The molecule has 9 heteroatoms. The smallest absolute Gasteiger partial charge is 0.258 e. The van der Waals surface area contributed by atoms with E-state index >= 15 is 0 Å². The summed E-state index contributed by atoms with van der Waals surface area (Å²) >= 11 is 1.47. The van der Waals surface area contributed by atoms with Crippen LogP contribution in [-0.4, -0.2) is 37.4 Å². The highest BCUT2D eigenvalue weighted by molar-refractivity contribution is 7.99. The Kier molecular flexibility index (Phi) is 5.75. The van der Waals surface area contributed by atoms with Crippen LogP contribution in [0.15, 0.2) is 58.5 Å². The van der Waals surface area contributed by atoms with E-state index in [4.69, 9.17) is 4.74 Å². The maximum Gasteiger partial charge on any atom is 0.258 e. The van der Waals surface area contributed by atoms with Gasteiger partial charge < -0.3 is 9.72 Å². The number of ether oxygens (including phenoxy) is 1. The van der Waals surface area contributed by atoms with Gasteiger partial charge in [-0.25, -0.2) is 9.37 Å². The highest BCUT2D eigenvalue weighted by Crippen LogP contribution is 2.34. The van der Waals surface area contributed by atoms with E-state index in [1.165, 1.54) is 23.9 Å². The fourth-order valence-corrected chi connectivity index (χ4v) is 4.77. The van der Waals surface area contributed by atoms with Gasteiger partial charge >= 0.3 is 0 Å². The lowest BCUT2D eigenvalue weighted by Gasteiger charge is -2.16. The zero-order chi connectivity index (χ0) is 22.1. The van der Waals surface area contributed by atoms with Gasteiger partial charge in [-0.05, 0) is 56.2 Å². The van der Waals surface area contributed by atoms with Crippen molar-refractivity contribution >= 4 is 22.7 Å². The van der Waals surface area contributed by atoms with Crippen molar-refractivity contribution in [1.82, 2.24) is 24.7 Å². The summed E-state index contributed by atoms with van der Waals surface area (Å²) in [5.41, 5.74) is 1.28. The number of H-pyrrole nitrogens is 1. The second kappa shape index (κ2) is 8.84. The summed E-state index contributed by atoms with van der Waals surface area (Å²) in [6.45, 7) is 3.33. The summed E-state index contributed by atoms with van der Waals surface area (Å²) in [4.78, 5) is 20.0. The van der Waals surface area contributed by atoms with Crippen LogP contribution in [0.2, 0.25) is 0 Å². The Morgan fingerprint density at radius 2 is 2.03 bits per heavy atom. The lowest BCUT2D eigenvalue weighted by Crippen LogP contribution is -2.17. The molecular weight excluding hydrogens is 429 g/mol. The molecule has 7 nitrogen and oxygen atoms in total. The molecule has 0 aliphatic carbocycles. The van der Waals surface area contributed by atoms with Gasteiger partial charge in [-0.1, -0.05) is 23.9 Å². The van der Waals surface area contributed by atoms with E-state index in [0.717, 1.165) is 25.0 Å². The molecule has 2 atom stereocenters. The number of para-hydroxylation sites is 1. The first-order valence-corrected chi connectivity index (χ1v) is 11.4. The van der Waals surface area contributed by atoms with E-state index in [2.05, 4.69) is 20.2 Å². The molecule has 2 aromatic heterocycles. The van der Waals surface area contributed by atoms with Gasteiger partial charge in [0, 0.05) is 12.2 Å². The molecule has 0 radical (unpaired) electrons. The third kappa shape index (κ3) is 4.18. The van der Waals surface area contributed by atoms with E-state index in [1.54, 1.807) is 18.2 Å². The first-order chi connectivity index (χ1) is 15.6. The number of aromatic amines is 1. The van der Waals surface area contributed by atoms with Crippen LogP contribution in [0.25, 0.3) is 22.3 Å². The molecule has 5 rings (SSSR count). The topological polar surface area (TPSA) is 85.7 Å². The van der Waals surface area contributed by atoms with Crippen LogP contribution in [-0.2, 0) is 11.3 Å². The number of nitrogens with zero attached hydrogens (tertiary/aromatic N) is 4. The number of rotatable bonds is 6. The predicted molar refractivity (Wildman–Crippen MR) is 121 cm³/mol. The van der Waals surface area contributed by atoms with Gasteiger partial charge in [0.05, 0.1) is 28.8 Å². The van der Waals surface area contributed by atoms with Gasteiger partial charge in [0.15, 0.2) is 11.0 Å². The number of hydrogen-bond donors (Lipinski definition) is 1. The van der Waals surface area contributed by atoms with Crippen LogP contribution in [0.3, 0.4) is 0 Å². The summed E-state index contributed by atoms with van der Waals surface area (Å²) in [7, 11) is 0. The maximum absolute atomic E-state index is 13.4. The number of nitrogens with one attached hydrogen (secondary N) is 1. The minimum absolute atomic E-state index is 0.0819. The number of hydrogen-bond acceptors (Lipinski definition) is 6. The van der Waals surface area contributed by atoms with E-state index in [-0.39, 0.29) is 22.7 Å². The molecule has 0 bridgehead atoms. The van der Waals surface area contributed by atoms with Crippen LogP contribution in [0, 0.1) is 5.82 Å². The highest BCUT2D eigenvalue weighted by Gasteiger charge is 2.24. The van der Waals surface area contributed by atoms with E-state index in [9.17, 15) is 9.18 Å². The molecule has 1 saturated heterocycles. The van der Waals surface area contributed by atoms with Crippen LogP contribution in [0.4, 0.5) is 4.39 Å². The minimum Gasteiger partial charge on any atom is -0.376 e. The van der Waals surface area contributed by atoms with Gasteiger partial charge in [0.2, 0.25) is 0 Å². The number of fused-ring (bicyclic) bond motifs is 1. The average molecular weight is 452 g/mol. The first-order valence-electron chi connectivity index (χ1n) is 10.5. The number of aromatic nitrogens is 5. The van der Waals surface area contributed by atoms with Gasteiger partial charge in [0.25, 0.3) is 5.56 Å². The van der Waals surface area contributed by atoms with Gasteiger partial charge in [0.1, 0.15) is 11.6 Å². The Bertz CT molecular complexity index is 1300. The maximum atomic E-state index is 13.4. The van der Waals surface area contributed by atoms with Crippen molar-refractivity contribution in [1.29, 1.82) is 0 Å². The summed E-state index contributed by atoms with van der Waals surface area (Å²) in [6, 6.07) is 13.5. The molecule has 0 saturated carbocycles. The molecular formula is C23H22FN5O2S. The Hall–Kier alpha value is -3.04. The summed E-state index contributed by atoms with van der Waals surface area (Å²) in [5.74, 6) is 0.942. The fourth-order valence-electron chi connectivity index (χ4n) is 3.86. The third-order valence-electron chi connectivity index (χ3n) is 5.53. The van der Waals surface area contributed by atoms with Crippen LogP contribution < -0.4 is 5.56 Å². The van der Waals surface area contributed by atoms with Crippen molar-refractivity contribution in [2.45, 2.75) is 42.8 Å². The molecule has 4 aromatic rings. The van der Waals surface area contributed by atoms with E-state index < -0.39 is 0 Å². The van der Waals surface area contributed by atoms with Gasteiger partial charge in [-0.15, -0.1) is 10.2 Å². The van der Waals surface area contributed by atoms with Crippen molar-refractivity contribution in [2.75, 3.05) is 6.61 Å². The van der Waals surface area contributed by atoms with Crippen molar-refractivity contribution in [3.8, 4) is 11.4 Å². The number of halogens is 1. The lowest BCUT2D eigenvalue weighted by molar-refractivity contribution is 0.0953.